The second-order valence-corrected chi connectivity index (χ2v) is 20.6. The first-order valence-electron chi connectivity index (χ1n) is 25.3. The highest BCUT2D eigenvalue weighted by molar-refractivity contribution is 7.59. The van der Waals surface area contributed by atoms with E-state index < -0.39 is 71.5 Å². The molecular formula is C56H78N6O11S4. The second kappa shape index (κ2) is 29.0. The van der Waals surface area contributed by atoms with Gasteiger partial charge in [-0.1, -0.05) is 70.7 Å². The summed E-state index contributed by atoms with van der Waals surface area (Å²) in [6, 6.07) is 16.4. The lowest BCUT2D eigenvalue weighted by molar-refractivity contribution is -0.155. The Labute approximate surface area is 479 Å². The number of likely N-dealkylation sites (tertiary alicyclic amines) is 1. The molecule has 0 spiro atoms. The molecule has 0 aliphatic carbocycles. The van der Waals surface area contributed by atoms with E-state index >= 15 is 0 Å². The Hall–Kier alpha value is -5.45. The number of carbonyl (C=O) groups excluding carboxylic acids is 6. The molecule has 2 fully saturated rings. The number of carboxylic acids is 1. The van der Waals surface area contributed by atoms with Crippen LogP contribution in [-0.2, 0) is 68.8 Å². The van der Waals surface area contributed by atoms with Gasteiger partial charge in [0.05, 0.1) is 37.7 Å². The second-order valence-electron chi connectivity index (χ2n) is 20.6. The van der Waals surface area contributed by atoms with Gasteiger partial charge in [-0.25, -0.2) is 5.43 Å². The lowest BCUT2D eigenvalue weighted by Gasteiger charge is -2.37. The fourth-order valence-electron chi connectivity index (χ4n) is 10.5. The molecule has 7 rings (SSSR count). The summed E-state index contributed by atoms with van der Waals surface area (Å²) in [5.74, 6) is -5.01. The van der Waals surface area contributed by atoms with E-state index in [4.69, 9.17) is 14.2 Å². The number of cyclic esters (lactones) is 1. The monoisotopic (exact) mass is 1140 g/mol. The maximum absolute atomic E-state index is 15.0. The molecule has 3 aliphatic heterocycles. The number of methoxy groups -OCH3 is 1. The third-order valence-electron chi connectivity index (χ3n) is 14.1. The first kappa shape index (κ1) is 65.8. The van der Waals surface area contributed by atoms with Crippen molar-refractivity contribution in [2.45, 2.75) is 111 Å². The number of hydrazine groups is 1. The number of esters is 2. The van der Waals surface area contributed by atoms with Crippen molar-refractivity contribution in [3.63, 3.8) is 0 Å². The van der Waals surface area contributed by atoms with Gasteiger partial charge in [0.25, 0.3) is 5.91 Å². The highest BCUT2D eigenvalue weighted by Crippen LogP contribution is 2.42. The van der Waals surface area contributed by atoms with E-state index in [-0.39, 0.29) is 104 Å². The predicted octanol–water partition coefficient (Wildman–Crippen LogP) is 6.57. The van der Waals surface area contributed by atoms with Gasteiger partial charge in [-0.05, 0) is 103 Å². The molecule has 3 aliphatic rings. The van der Waals surface area contributed by atoms with Crippen LogP contribution in [0, 0.1) is 17.3 Å². The van der Waals surface area contributed by atoms with Crippen LogP contribution in [0.15, 0.2) is 73.3 Å². The van der Waals surface area contributed by atoms with E-state index in [1.807, 2.05) is 24.3 Å². The number of rotatable bonds is 15. The van der Waals surface area contributed by atoms with E-state index in [0.29, 0.717) is 62.9 Å². The zero-order chi connectivity index (χ0) is 52.7. The van der Waals surface area contributed by atoms with Crippen LogP contribution in [0.5, 0.6) is 5.75 Å². The van der Waals surface area contributed by atoms with Crippen LogP contribution in [0.2, 0.25) is 0 Å². The molecule has 77 heavy (non-hydrogen) atoms. The molecule has 4 atom stereocenters. The molecule has 4 heterocycles. The van der Waals surface area contributed by atoms with Crippen molar-refractivity contribution >= 4 is 106 Å². The maximum atomic E-state index is 15.0. The number of hydrogen-bond acceptors (Lipinski definition) is 11. The summed E-state index contributed by atoms with van der Waals surface area (Å²) < 4.78 is 19.8. The van der Waals surface area contributed by atoms with Crippen molar-refractivity contribution in [3.8, 4) is 28.1 Å². The first-order chi connectivity index (χ1) is 34.8. The SMILES string of the molecule is C=CC(=O)N1CC[C@H](C(=O)N(C)[C@H](C(=O)N[C@H]2Cc3cc(OC(=O)CCC(=O)O)cc(c3)-c3ccc4c(c3)c(c(-c3ccccc3CCOC)n4CC)CC(C)(C)COC(=O)[C@@H]3CCCN(N3)C2=O)C(C)C)C1.S.S.S.S. The molecule has 1 aromatic heterocycles. The maximum Gasteiger partial charge on any atom is 0.324 e. The van der Waals surface area contributed by atoms with Gasteiger partial charge in [0.1, 0.15) is 23.9 Å². The number of nitrogens with one attached hydrogen (secondary N) is 2. The van der Waals surface area contributed by atoms with E-state index in [1.165, 1.54) is 16.0 Å². The average Bonchev–Trinajstić information content (AvgIpc) is 3.98. The Kier molecular flexibility index (Phi) is 24.8. The van der Waals surface area contributed by atoms with Crippen molar-refractivity contribution in [1.29, 1.82) is 0 Å². The molecule has 3 aromatic carbocycles. The molecule has 4 amide bonds. The smallest absolute Gasteiger partial charge is 0.324 e. The predicted molar refractivity (Wildman–Crippen MR) is 316 cm³/mol. The summed E-state index contributed by atoms with van der Waals surface area (Å²) in [5, 5.41) is 14.7. The number of likely N-dealkylation sites (N-methyl/N-ethyl adjacent to an activating group) is 1. The summed E-state index contributed by atoms with van der Waals surface area (Å²) in [4.78, 5) is 97.8. The van der Waals surface area contributed by atoms with Gasteiger partial charge in [-0.3, -0.25) is 38.6 Å². The van der Waals surface area contributed by atoms with Crippen LogP contribution in [0.3, 0.4) is 0 Å². The van der Waals surface area contributed by atoms with Crippen molar-refractivity contribution in [3.05, 3.63) is 90.0 Å². The first-order valence-corrected chi connectivity index (χ1v) is 25.3. The van der Waals surface area contributed by atoms with Gasteiger partial charge in [0.2, 0.25) is 17.7 Å². The summed E-state index contributed by atoms with van der Waals surface area (Å²) in [5.41, 5.74) is 9.66. The Morgan fingerprint density at radius 3 is 2.38 bits per heavy atom. The number of aliphatic carboxylic acids is 1. The highest BCUT2D eigenvalue weighted by Gasteiger charge is 2.40. The Morgan fingerprint density at radius 2 is 1.70 bits per heavy atom. The molecule has 4 aromatic rings. The largest absolute Gasteiger partial charge is 0.481 e. The highest BCUT2D eigenvalue weighted by atomic mass is 32.1. The molecule has 17 nitrogen and oxygen atoms in total. The zero-order valence-electron chi connectivity index (χ0n) is 45.2. The van der Waals surface area contributed by atoms with Crippen LogP contribution in [0.4, 0.5) is 0 Å². The number of ether oxygens (including phenoxy) is 3. The molecule has 21 heteroatoms. The van der Waals surface area contributed by atoms with Gasteiger partial charge in [-0.15, -0.1) is 0 Å². The Bertz CT molecular complexity index is 2790. The number of aromatic nitrogens is 1. The normalized spacial score (nSPS) is 18.5. The third-order valence-corrected chi connectivity index (χ3v) is 14.1. The molecule has 6 bridgehead atoms. The number of nitrogens with zero attached hydrogens (tertiary/aromatic N) is 4. The summed E-state index contributed by atoms with van der Waals surface area (Å²) in [6.07, 6.45) is 2.74. The molecule has 0 radical (unpaired) electrons. The number of carbonyl (C=O) groups is 7. The number of fused-ring (bicyclic) bond motifs is 6. The van der Waals surface area contributed by atoms with Gasteiger partial charge < -0.3 is 39.0 Å². The van der Waals surface area contributed by atoms with Crippen molar-refractivity contribution in [1.82, 2.24) is 30.1 Å². The molecule has 3 N–H and O–H groups in total. The van der Waals surface area contributed by atoms with Gasteiger partial charge >= 0.3 is 17.9 Å². The zero-order valence-corrected chi connectivity index (χ0v) is 49.2. The van der Waals surface area contributed by atoms with E-state index in [2.05, 4.69) is 66.9 Å². The lowest BCUT2D eigenvalue weighted by Crippen LogP contribution is -2.62. The van der Waals surface area contributed by atoms with Crippen molar-refractivity contribution in [2.24, 2.45) is 17.3 Å². The third kappa shape index (κ3) is 15.6. The molecule has 0 unspecified atom stereocenters. The topological polar surface area (TPSA) is 206 Å². The van der Waals surface area contributed by atoms with Crippen molar-refractivity contribution in [2.75, 3.05) is 47.0 Å². The Morgan fingerprint density at radius 1 is 0.974 bits per heavy atom. The standard InChI is InChI=1S/C56H70N6O11.4H2S/c1-9-47(63)60-24-21-38(32-60)53(68)59(7)50(34(3)4)52(67)57-45-28-35-26-39(29-40(27-35)73-49(66)20-19-48(64)65)37-17-18-46-42(30-37)43(51(61(46)10-2)41-15-12-11-14-36(41)22-25-71-8)31-56(5,6)33-72-55(70)44-16-13-23-62(58-44)54(45)69;;;;/h9,11-12,14-15,17-18,26-27,29-30,34,38,44-45,50,58H,1,10,13,16,19-25,28,31-33H2,2-8H3,(H,57,67)(H,64,65);4*1H2/t38-,44-,45-,50-;;;;/m0..../s1. The van der Waals surface area contributed by atoms with Crippen LogP contribution in [-0.4, -0.2) is 131 Å². The Balaban J connectivity index is 0.00000390. The average molecular weight is 1140 g/mol. The lowest BCUT2D eigenvalue weighted by atomic mass is 9.83. The number of benzene rings is 3. The van der Waals surface area contributed by atoms with E-state index in [9.17, 15) is 38.7 Å². The molecule has 422 valence electrons. The van der Waals surface area contributed by atoms with Crippen LogP contribution in [0.25, 0.3) is 33.3 Å². The fourth-order valence-corrected chi connectivity index (χ4v) is 10.5. The van der Waals surface area contributed by atoms with Crippen LogP contribution < -0.4 is 15.5 Å². The van der Waals surface area contributed by atoms with Gasteiger partial charge in [0.15, 0.2) is 0 Å². The minimum absolute atomic E-state index is 0. The summed E-state index contributed by atoms with van der Waals surface area (Å²) in [6.45, 7) is 15.4. The number of carboxylic acid groups (broad SMARTS) is 1. The minimum atomic E-state index is -1.27. The van der Waals surface area contributed by atoms with E-state index in [0.717, 1.165) is 38.9 Å². The van der Waals surface area contributed by atoms with Crippen LogP contribution >= 0.6 is 54.0 Å². The number of aryl methyl sites for hydroxylation is 1. The van der Waals surface area contributed by atoms with Gasteiger partial charge in [0, 0.05) is 68.6 Å². The quantitative estimate of drug-likeness (QED) is 0.0657. The number of amides is 4. The summed E-state index contributed by atoms with van der Waals surface area (Å²) >= 11 is 0. The summed E-state index contributed by atoms with van der Waals surface area (Å²) in [7, 11) is 3.24. The minimum Gasteiger partial charge on any atom is -0.481 e. The van der Waals surface area contributed by atoms with Crippen LogP contribution in [0.1, 0.15) is 83.4 Å². The van der Waals surface area contributed by atoms with Crippen molar-refractivity contribution < 1.29 is 52.9 Å². The van der Waals surface area contributed by atoms with E-state index in [1.54, 1.807) is 45.0 Å². The molecule has 0 saturated carbocycles. The molecule has 2 saturated heterocycles. The fraction of sp³-hybridized carbons (Fsp3) is 0.482. The number of hydrogen-bond donors (Lipinski definition) is 3. The molecular weight excluding hydrogens is 1060 g/mol. The van der Waals surface area contributed by atoms with Gasteiger partial charge in [-0.2, -0.15) is 54.0 Å².